The fourth-order valence-corrected chi connectivity index (χ4v) is 2.94. The summed E-state index contributed by atoms with van der Waals surface area (Å²) in [5.74, 6) is 0.0595. The van der Waals surface area contributed by atoms with Gasteiger partial charge in [0.25, 0.3) is 5.91 Å². The molecule has 0 saturated carbocycles. The van der Waals surface area contributed by atoms with Gasteiger partial charge in [-0.1, -0.05) is 6.92 Å². The summed E-state index contributed by atoms with van der Waals surface area (Å²) in [6, 6.07) is 2.16. The molecule has 3 heterocycles. The third-order valence-electron chi connectivity index (χ3n) is 4.31. The molecule has 0 aromatic carbocycles. The van der Waals surface area contributed by atoms with Gasteiger partial charge in [-0.25, -0.2) is 9.97 Å². The third-order valence-corrected chi connectivity index (χ3v) is 4.31. The van der Waals surface area contributed by atoms with E-state index in [1.54, 1.807) is 24.7 Å². The molecule has 7 nitrogen and oxygen atoms in total. The van der Waals surface area contributed by atoms with Crippen LogP contribution in [0.15, 0.2) is 24.7 Å². The minimum atomic E-state index is 0.0559. The van der Waals surface area contributed by atoms with E-state index in [1.165, 1.54) is 0 Å². The molecule has 0 N–H and O–H groups in total. The molecule has 3 rings (SSSR count). The number of piperidine rings is 1. The summed E-state index contributed by atoms with van der Waals surface area (Å²) in [6.45, 7) is 6.25. The van der Waals surface area contributed by atoms with Crippen molar-refractivity contribution in [2.45, 2.75) is 45.8 Å². The highest BCUT2D eigenvalue weighted by atomic mass is 16.5. The monoisotopic (exact) mass is 329 g/mol. The van der Waals surface area contributed by atoms with Gasteiger partial charge in [-0.3, -0.25) is 9.48 Å². The van der Waals surface area contributed by atoms with Crippen LogP contribution in [0.5, 0.6) is 6.01 Å². The van der Waals surface area contributed by atoms with Crippen molar-refractivity contribution in [2.24, 2.45) is 0 Å². The summed E-state index contributed by atoms with van der Waals surface area (Å²) < 4.78 is 7.67. The van der Waals surface area contributed by atoms with Crippen LogP contribution in [0, 0.1) is 6.92 Å². The van der Waals surface area contributed by atoms with Gasteiger partial charge in [0.2, 0.25) is 0 Å². The second-order valence-corrected chi connectivity index (χ2v) is 6.01. The standard InChI is InChI=1S/C17H23N5O2/c1-3-9-22-13(2)15(12-20-22)16(23)21-10-5-14(6-11-21)24-17-18-7-4-8-19-17/h4,7-8,12,14H,3,5-6,9-11H2,1-2H3. The smallest absolute Gasteiger partial charge is 0.316 e. The molecule has 1 fully saturated rings. The number of rotatable bonds is 5. The number of amides is 1. The summed E-state index contributed by atoms with van der Waals surface area (Å²) in [6.07, 6.45) is 7.64. The van der Waals surface area contributed by atoms with Gasteiger partial charge < -0.3 is 9.64 Å². The fourth-order valence-electron chi connectivity index (χ4n) is 2.94. The number of carbonyl (C=O) groups is 1. The quantitative estimate of drug-likeness (QED) is 0.839. The molecule has 0 unspecified atom stereocenters. The second kappa shape index (κ2) is 7.42. The molecule has 0 atom stereocenters. The predicted molar refractivity (Wildman–Crippen MR) is 88.8 cm³/mol. The minimum absolute atomic E-state index is 0.0559. The van der Waals surface area contributed by atoms with Crippen LogP contribution >= 0.6 is 0 Å². The lowest BCUT2D eigenvalue weighted by molar-refractivity contribution is 0.0578. The van der Waals surface area contributed by atoms with Crippen molar-refractivity contribution < 1.29 is 9.53 Å². The van der Waals surface area contributed by atoms with Gasteiger partial charge in [-0.15, -0.1) is 0 Å². The molecule has 128 valence electrons. The Hall–Kier alpha value is -2.44. The van der Waals surface area contributed by atoms with Gasteiger partial charge in [-0.2, -0.15) is 5.10 Å². The van der Waals surface area contributed by atoms with E-state index in [-0.39, 0.29) is 12.0 Å². The molecular weight excluding hydrogens is 306 g/mol. The van der Waals surface area contributed by atoms with E-state index in [4.69, 9.17) is 4.74 Å². The molecule has 1 saturated heterocycles. The number of hydrogen-bond donors (Lipinski definition) is 0. The second-order valence-electron chi connectivity index (χ2n) is 6.01. The summed E-state index contributed by atoms with van der Waals surface area (Å²) in [4.78, 5) is 22.8. The van der Waals surface area contributed by atoms with Crippen molar-refractivity contribution >= 4 is 5.91 Å². The van der Waals surface area contributed by atoms with Crippen LogP contribution in [0.1, 0.15) is 42.2 Å². The zero-order chi connectivity index (χ0) is 16.9. The number of aromatic nitrogens is 4. The van der Waals surface area contributed by atoms with Gasteiger partial charge in [0, 0.05) is 50.6 Å². The SMILES string of the molecule is CCCn1ncc(C(=O)N2CCC(Oc3ncccn3)CC2)c1C. The highest BCUT2D eigenvalue weighted by molar-refractivity contribution is 5.95. The first-order valence-corrected chi connectivity index (χ1v) is 8.44. The maximum absolute atomic E-state index is 12.7. The number of likely N-dealkylation sites (tertiary alicyclic amines) is 1. The number of nitrogens with zero attached hydrogens (tertiary/aromatic N) is 5. The Bertz CT molecular complexity index is 678. The van der Waals surface area contributed by atoms with Gasteiger partial charge in [0.15, 0.2) is 0 Å². The topological polar surface area (TPSA) is 73.1 Å². The van der Waals surface area contributed by atoms with Crippen molar-refractivity contribution in [3.05, 3.63) is 35.9 Å². The van der Waals surface area contributed by atoms with E-state index in [2.05, 4.69) is 22.0 Å². The summed E-state index contributed by atoms with van der Waals surface area (Å²) in [5.41, 5.74) is 1.65. The van der Waals surface area contributed by atoms with Crippen LogP contribution in [-0.4, -0.2) is 49.7 Å². The van der Waals surface area contributed by atoms with Crippen molar-refractivity contribution in [3.8, 4) is 6.01 Å². The Labute approximate surface area is 141 Å². The van der Waals surface area contributed by atoms with E-state index in [0.717, 1.165) is 31.5 Å². The van der Waals surface area contributed by atoms with Crippen LogP contribution in [0.3, 0.4) is 0 Å². The van der Waals surface area contributed by atoms with Crippen molar-refractivity contribution in [3.63, 3.8) is 0 Å². The van der Waals surface area contributed by atoms with E-state index in [9.17, 15) is 4.79 Å². The molecular formula is C17H23N5O2. The first-order chi connectivity index (χ1) is 11.7. The average molecular weight is 329 g/mol. The zero-order valence-corrected chi connectivity index (χ0v) is 14.2. The minimum Gasteiger partial charge on any atom is -0.460 e. The Kier molecular flexibility index (Phi) is 5.08. The predicted octanol–water partition coefficient (Wildman–Crippen LogP) is 2.08. The highest BCUT2D eigenvalue weighted by Crippen LogP contribution is 2.19. The lowest BCUT2D eigenvalue weighted by atomic mass is 10.1. The molecule has 2 aromatic heterocycles. The van der Waals surface area contributed by atoms with Crippen molar-refractivity contribution in [1.82, 2.24) is 24.6 Å². The van der Waals surface area contributed by atoms with E-state index in [0.29, 0.717) is 24.7 Å². The van der Waals surface area contributed by atoms with Crippen LogP contribution in [0.2, 0.25) is 0 Å². The number of ether oxygens (including phenoxy) is 1. The van der Waals surface area contributed by atoms with E-state index < -0.39 is 0 Å². The first kappa shape index (κ1) is 16.4. The Morgan fingerprint density at radius 3 is 2.67 bits per heavy atom. The number of aryl methyl sites for hydroxylation is 1. The molecule has 7 heteroatoms. The fraction of sp³-hybridized carbons (Fsp3) is 0.529. The van der Waals surface area contributed by atoms with Crippen LogP contribution in [0.4, 0.5) is 0 Å². The Morgan fingerprint density at radius 1 is 1.29 bits per heavy atom. The average Bonchev–Trinajstić information content (AvgIpc) is 2.97. The van der Waals surface area contributed by atoms with Gasteiger partial charge >= 0.3 is 6.01 Å². The van der Waals surface area contributed by atoms with Crippen LogP contribution in [0.25, 0.3) is 0 Å². The summed E-state index contributed by atoms with van der Waals surface area (Å²) in [7, 11) is 0. The summed E-state index contributed by atoms with van der Waals surface area (Å²) >= 11 is 0. The first-order valence-electron chi connectivity index (χ1n) is 8.44. The molecule has 1 amide bonds. The lowest BCUT2D eigenvalue weighted by Crippen LogP contribution is -2.42. The molecule has 0 aliphatic carbocycles. The van der Waals surface area contributed by atoms with E-state index >= 15 is 0 Å². The molecule has 1 aliphatic heterocycles. The van der Waals surface area contributed by atoms with Crippen molar-refractivity contribution in [2.75, 3.05) is 13.1 Å². The zero-order valence-electron chi connectivity index (χ0n) is 14.2. The normalized spacial score (nSPS) is 15.5. The van der Waals surface area contributed by atoms with Gasteiger partial charge in [-0.05, 0) is 19.4 Å². The number of carbonyl (C=O) groups excluding carboxylic acids is 1. The Morgan fingerprint density at radius 2 is 2.00 bits per heavy atom. The molecule has 0 spiro atoms. The molecule has 1 aliphatic rings. The van der Waals surface area contributed by atoms with Gasteiger partial charge in [0.1, 0.15) is 6.10 Å². The Balaban J connectivity index is 1.57. The molecule has 2 aromatic rings. The maximum atomic E-state index is 12.7. The number of hydrogen-bond acceptors (Lipinski definition) is 5. The maximum Gasteiger partial charge on any atom is 0.316 e. The summed E-state index contributed by atoms with van der Waals surface area (Å²) in [5, 5.41) is 4.32. The van der Waals surface area contributed by atoms with E-state index in [1.807, 2.05) is 16.5 Å². The third kappa shape index (κ3) is 3.55. The van der Waals surface area contributed by atoms with Crippen LogP contribution < -0.4 is 4.74 Å². The lowest BCUT2D eigenvalue weighted by Gasteiger charge is -2.31. The largest absolute Gasteiger partial charge is 0.460 e. The molecule has 0 radical (unpaired) electrons. The van der Waals surface area contributed by atoms with Gasteiger partial charge in [0.05, 0.1) is 11.8 Å². The highest BCUT2D eigenvalue weighted by Gasteiger charge is 2.27. The molecule has 0 bridgehead atoms. The molecule has 24 heavy (non-hydrogen) atoms. The van der Waals surface area contributed by atoms with Crippen LogP contribution in [-0.2, 0) is 6.54 Å². The van der Waals surface area contributed by atoms with Crippen molar-refractivity contribution in [1.29, 1.82) is 0 Å².